The van der Waals surface area contributed by atoms with Crippen molar-refractivity contribution in [2.24, 2.45) is 0 Å². The molecule has 1 aliphatic heterocycles. The molecule has 5 rings (SSSR count). The molecule has 0 spiro atoms. The fraction of sp³-hybridized carbons (Fsp3) is 0.238. The Labute approximate surface area is 167 Å². The molecule has 2 N–H and O–H groups in total. The Kier molecular flexibility index (Phi) is 4.46. The zero-order valence-electron chi connectivity index (χ0n) is 15.4. The molecular weight excluding hydrogens is 370 g/mol. The number of hydrogen-bond acceptors (Lipinski definition) is 5. The maximum Gasteiger partial charge on any atom is 0.235 e. The van der Waals surface area contributed by atoms with Crippen LogP contribution < -0.4 is 9.80 Å². The van der Waals surface area contributed by atoms with Crippen molar-refractivity contribution in [1.29, 1.82) is 0 Å². The topological polar surface area (TPSA) is 58.1 Å². The van der Waals surface area contributed by atoms with Crippen molar-refractivity contribution in [2.45, 2.75) is 6.04 Å². The summed E-state index contributed by atoms with van der Waals surface area (Å²) in [6.45, 7) is 3.98. The number of hydrogen-bond donors (Lipinski definition) is 2. The van der Waals surface area contributed by atoms with Gasteiger partial charge in [0.2, 0.25) is 10.8 Å². The van der Waals surface area contributed by atoms with Crippen LogP contribution in [0.15, 0.2) is 67.0 Å². The highest BCUT2D eigenvalue weighted by Gasteiger charge is 2.34. The highest BCUT2D eigenvalue weighted by atomic mass is 32.1. The van der Waals surface area contributed by atoms with Crippen molar-refractivity contribution in [3.8, 4) is 5.88 Å². The van der Waals surface area contributed by atoms with Gasteiger partial charge in [-0.05, 0) is 12.1 Å². The van der Waals surface area contributed by atoms with Crippen LogP contribution in [-0.4, -0.2) is 45.9 Å². The van der Waals surface area contributed by atoms with Crippen LogP contribution in [0.1, 0.15) is 16.5 Å². The number of rotatable bonds is 4. The quantitative estimate of drug-likeness (QED) is 0.558. The molecule has 1 fully saturated rings. The highest BCUT2D eigenvalue weighted by Crippen LogP contribution is 2.34. The number of piperazine rings is 1. The third-order valence-corrected chi connectivity index (χ3v) is 6.57. The number of benzene rings is 2. The smallest absolute Gasteiger partial charge is 0.235 e. The average molecular weight is 393 g/mol. The number of para-hydroxylation sites is 1. The fourth-order valence-corrected chi connectivity index (χ4v) is 5.19. The number of fused-ring (bicyclic) bond motifs is 1. The maximum absolute atomic E-state index is 10.8. The van der Waals surface area contributed by atoms with E-state index in [1.807, 2.05) is 6.07 Å². The normalized spacial score (nSPS) is 16.5. The monoisotopic (exact) mass is 392 g/mol. The van der Waals surface area contributed by atoms with Crippen molar-refractivity contribution in [1.82, 2.24) is 14.6 Å². The van der Waals surface area contributed by atoms with Gasteiger partial charge in [0.15, 0.2) is 6.04 Å². The van der Waals surface area contributed by atoms with Crippen LogP contribution in [0.4, 0.5) is 5.69 Å². The van der Waals surface area contributed by atoms with Crippen molar-refractivity contribution in [3.05, 3.63) is 77.4 Å². The van der Waals surface area contributed by atoms with E-state index in [1.165, 1.54) is 38.3 Å². The summed E-state index contributed by atoms with van der Waals surface area (Å²) in [4.78, 5) is 9.83. The van der Waals surface area contributed by atoms with Gasteiger partial charge in [-0.25, -0.2) is 4.98 Å². The molecule has 0 unspecified atom stereocenters. The highest BCUT2D eigenvalue weighted by molar-refractivity contribution is 7.17. The number of nitrogens with one attached hydrogen (secondary N) is 1. The van der Waals surface area contributed by atoms with E-state index in [9.17, 15) is 5.11 Å². The number of thiazole rings is 1. The Bertz CT molecular complexity index is 1050. The van der Waals surface area contributed by atoms with Gasteiger partial charge in [0.05, 0.1) is 26.2 Å². The first kappa shape index (κ1) is 17.2. The third kappa shape index (κ3) is 3.02. The Hall–Kier alpha value is -2.90. The van der Waals surface area contributed by atoms with Gasteiger partial charge < -0.3 is 14.9 Å². The number of anilines is 1. The predicted octanol–water partition coefficient (Wildman–Crippen LogP) is 1.99. The van der Waals surface area contributed by atoms with Crippen molar-refractivity contribution < 1.29 is 10.0 Å². The van der Waals surface area contributed by atoms with E-state index in [0.717, 1.165) is 36.0 Å². The van der Waals surface area contributed by atoms with Gasteiger partial charge in [-0.15, -0.1) is 0 Å². The molecule has 3 heterocycles. The van der Waals surface area contributed by atoms with E-state index in [2.05, 4.69) is 69.6 Å². The lowest BCUT2D eigenvalue weighted by Gasteiger charge is -2.37. The van der Waals surface area contributed by atoms with Gasteiger partial charge in [-0.2, -0.15) is 9.61 Å². The molecule has 142 valence electrons. The SMILES string of the molecule is Oc1c([C@@H](c2ccccc2)[NH+]2CCN(c3ccccc3)CC2)sc2ncnn12. The second-order valence-electron chi connectivity index (χ2n) is 7.07. The molecule has 0 bridgehead atoms. The number of nitrogens with zero attached hydrogens (tertiary/aromatic N) is 4. The molecule has 2 aromatic heterocycles. The molecule has 2 aromatic carbocycles. The lowest BCUT2D eigenvalue weighted by molar-refractivity contribution is -0.925. The average Bonchev–Trinajstić information content (AvgIpc) is 3.34. The second kappa shape index (κ2) is 7.26. The van der Waals surface area contributed by atoms with E-state index in [-0.39, 0.29) is 11.9 Å². The molecule has 0 aliphatic carbocycles. The lowest BCUT2D eigenvalue weighted by Crippen LogP contribution is -3.15. The van der Waals surface area contributed by atoms with Gasteiger partial charge in [0, 0.05) is 11.3 Å². The number of quaternary nitrogens is 1. The van der Waals surface area contributed by atoms with E-state index in [1.54, 1.807) is 0 Å². The Morgan fingerprint density at radius 2 is 1.64 bits per heavy atom. The van der Waals surface area contributed by atoms with Gasteiger partial charge >= 0.3 is 0 Å². The van der Waals surface area contributed by atoms with Gasteiger partial charge in [0.25, 0.3) is 0 Å². The van der Waals surface area contributed by atoms with Crippen LogP contribution in [0, 0.1) is 0 Å². The Morgan fingerprint density at radius 1 is 0.964 bits per heavy atom. The summed E-state index contributed by atoms with van der Waals surface area (Å²) < 4.78 is 1.54. The van der Waals surface area contributed by atoms with E-state index in [4.69, 9.17) is 0 Å². The molecule has 1 saturated heterocycles. The molecule has 28 heavy (non-hydrogen) atoms. The first-order valence-corrected chi connectivity index (χ1v) is 10.3. The van der Waals surface area contributed by atoms with Crippen LogP contribution in [-0.2, 0) is 0 Å². The summed E-state index contributed by atoms with van der Waals surface area (Å²) >= 11 is 1.53. The first-order valence-electron chi connectivity index (χ1n) is 9.52. The standard InChI is InChI=1S/C21H21N5OS/c27-20-19(28-21-22-15-23-26(20)21)18(16-7-3-1-4-8-16)25-13-11-24(12-14-25)17-9-5-2-6-10-17/h1-10,15,18,27H,11-14H2/p+1/t18-/m1/s1. The van der Waals surface area contributed by atoms with E-state index in [0.29, 0.717) is 0 Å². The van der Waals surface area contributed by atoms with Crippen LogP contribution in [0.5, 0.6) is 5.88 Å². The van der Waals surface area contributed by atoms with E-state index < -0.39 is 0 Å². The minimum Gasteiger partial charge on any atom is -0.492 e. The first-order chi connectivity index (χ1) is 13.8. The molecule has 0 radical (unpaired) electrons. The maximum atomic E-state index is 10.8. The second-order valence-corrected chi connectivity index (χ2v) is 8.08. The molecule has 1 atom stereocenters. The van der Waals surface area contributed by atoms with Crippen LogP contribution >= 0.6 is 11.3 Å². The van der Waals surface area contributed by atoms with Crippen molar-refractivity contribution >= 4 is 22.0 Å². The number of aromatic hydroxyl groups is 1. The summed E-state index contributed by atoms with van der Waals surface area (Å²) in [5, 5.41) is 15.0. The Morgan fingerprint density at radius 3 is 2.32 bits per heavy atom. The van der Waals surface area contributed by atoms with Gasteiger partial charge in [0.1, 0.15) is 11.2 Å². The molecule has 4 aromatic rings. The zero-order valence-corrected chi connectivity index (χ0v) is 16.2. The summed E-state index contributed by atoms with van der Waals surface area (Å²) in [7, 11) is 0. The molecule has 7 heteroatoms. The van der Waals surface area contributed by atoms with Crippen LogP contribution in [0.3, 0.4) is 0 Å². The summed E-state index contributed by atoms with van der Waals surface area (Å²) in [5.41, 5.74) is 2.49. The summed E-state index contributed by atoms with van der Waals surface area (Å²) in [5.74, 6) is 0.212. The van der Waals surface area contributed by atoms with Gasteiger partial charge in [-0.3, -0.25) is 0 Å². The lowest BCUT2D eigenvalue weighted by atomic mass is 10.0. The summed E-state index contributed by atoms with van der Waals surface area (Å²) in [6, 6.07) is 21.1. The zero-order chi connectivity index (χ0) is 18.9. The molecular formula is C21H22N5OS+. The van der Waals surface area contributed by atoms with Crippen molar-refractivity contribution in [2.75, 3.05) is 31.1 Å². The Balaban J connectivity index is 1.46. The molecule has 0 saturated carbocycles. The minimum absolute atomic E-state index is 0.0765. The predicted molar refractivity (Wildman–Crippen MR) is 110 cm³/mol. The third-order valence-electron chi connectivity index (χ3n) is 5.47. The van der Waals surface area contributed by atoms with Crippen LogP contribution in [0.2, 0.25) is 0 Å². The molecule has 0 amide bonds. The molecule has 6 nitrogen and oxygen atoms in total. The largest absolute Gasteiger partial charge is 0.492 e. The molecule has 1 aliphatic rings. The van der Waals surface area contributed by atoms with Crippen LogP contribution in [0.25, 0.3) is 4.96 Å². The van der Waals surface area contributed by atoms with E-state index >= 15 is 0 Å². The van der Waals surface area contributed by atoms with Crippen molar-refractivity contribution in [3.63, 3.8) is 0 Å². The summed E-state index contributed by atoms with van der Waals surface area (Å²) in [6.07, 6.45) is 1.48. The minimum atomic E-state index is 0.0765. The van der Waals surface area contributed by atoms with Gasteiger partial charge in [-0.1, -0.05) is 59.9 Å². The number of aromatic nitrogens is 3. The fourth-order valence-electron chi connectivity index (χ4n) is 4.08.